The van der Waals surface area contributed by atoms with Crippen molar-refractivity contribution in [1.82, 2.24) is 4.90 Å². The lowest BCUT2D eigenvalue weighted by molar-refractivity contribution is 0.0726. The first kappa shape index (κ1) is 9.81. The van der Waals surface area contributed by atoms with E-state index >= 15 is 0 Å². The van der Waals surface area contributed by atoms with E-state index in [1.807, 2.05) is 0 Å². The Morgan fingerprint density at radius 2 is 2.00 bits per heavy atom. The summed E-state index contributed by atoms with van der Waals surface area (Å²) < 4.78 is 0. The second-order valence-corrected chi connectivity index (χ2v) is 4.86. The Morgan fingerprint density at radius 1 is 1.29 bits per heavy atom. The van der Waals surface area contributed by atoms with E-state index in [0.717, 1.165) is 18.4 Å². The highest BCUT2D eigenvalue weighted by Crippen LogP contribution is 2.38. The van der Waals surface area contributed by atoms with E-state index in [4.69, 9.17) is 11.1 Å². The van der Waals surface area contributed by atoms with Gasteiger partial charge in [0.15, 0.2) is 5.96 Å². The van der Waals surface area contributed by atoms with Crippen LogP contribution in [0, 0.1) is 17.2 Å². The molecule has 3 heteroatoms. The Labute approximate surface area is 86.2 Å². The van der Waals surface area contributed by atoms with Gasteiger partial charge in [0, 0.05) is 12.6 Å². The summed E-state index contributed by atoms with van der Waals surface area (Å²) in [6, 6.07) is 0.574. The number of nitrogens with one attached hydrogen (secondary N) is 1. The van der Waals surface area contributed by atoms with Crippen molar-refractivity contribution in [3.05, 3.63) is 0 Å². The van der Waals surface area contributed by atoms with Crippen molar-refractivity contribution < 1.29 is 0 Å². The molecule has 3 atom stereocenters. The number of nitrogens with two attached hydrogens (primary N) is 1. The van der Waals surface area contributed by atoms with E-state index < -0.39 is 0 Å². The minimum atomic E-state index is 0.286. The lowest BCUT2D eigenvalue weighted by Crippen LogP contribution is -2.54. The minimum Gasteiger partial charge on any atom is -0.370 e. The molecule has 14 heavy (non-hydrogen) atoms. The van der Waals surface area contributed by atoms with Crippen LogP contribution >= 0.6 is 0 Å². The van der Waals surface area contributed by atoms with Crippen LogP contribution in [0.4, 0.5) is 0 Å². The molecule has 2 aliphatic rings. The molecule has 80 valence electrons. The maximum Gasteiger partial charge on any atom is 0.188 e. The summed E-state index contributed by atoms with van der Waals surface area (Å²) in [6.07, 6.45) is 6.49. The van der Waals surface area contributed by atoms with Crippen LogP contribution in [0.3, 0.4) is 0 Å². The van der Waals surface area contributed by atoms with Gasteiger partial charge in [0.25, 0.3) is 0 Å². The number of hydrogen-bond acceptors (Lipinski definition) is 1. The smallest absolute Gasteiger partial charge is 0.188 e. The van der Waals surface area contributed by atoms with Crippen LogP contribution in [0.1, 0.15) is 39.0 Å². The first-order valence-corrected chi connectivity index (χ1v) is 5.81. The van der Waals surface area contributed by atoms with Gasteiger partial charge in [0.2, 0.25) is 0 Å². The zero-order valence-corrected chi connectivity index (χ0v) is 9.00. The van der Waals surface area contributed by atoms with E-state index in [9.17, 15) is 0 Å². The molecule has 3 nitrogen and oxygen atoms in total. The van der Waals surface area contributed by atoms with Crippen LogP contribution in [-0.2, 0) is 0 Å². The maximum atomic E-state index is 7.58. The van der Waals surface area contributed by atoms with Crippen molar-refractivity contribution in [2.24, 2.45) is 17.6 Å². The molecule has 0 radical (unpaired) electrons. The summed E-state index contributed by atoms with van der Waals surface area (Å²) in [5.74, 6) is 1.91. The van der Waals surface area contributed by atoms with E-state index in [1.165, 1.54) is 32.1 Å². The molecule has 1 aliphatic heterocycles. The molecule has 0 amide bonds. The minimum absolute atomic E-state index is 0.286. The Balaban J connectivity index is 2.12. The van der Waals surface area contributed by atoms with Gasteiger partial charge in [-0.3, -0.25) is 5.41 Å². The Kier molecular flexibility index (Phi) is 2.66. The fourth-order valence-corrected chi connectivity index (χ4v) is 3.21. The average molecular weight is 195 g/mol. The van der Waals surface area contributed by atoms with Crippen LogP contribution < -0.4 is 5.73 Å². The van der Waals surface area contributed by atoms with Crippen LogP contribution in [0.25, 0.3) is 0 Å². The second kappa shape index (κ2) is 3.79. The Morgan fingerprint density at radius 3 is 2.71 bits per heavy atom. The third kappa shape index (κ3) is 1.60. The van der Waals surface area contributed by atoms with E-state index in [0.29, 0.717) is 6.04 Å². The number of guanidine groups is 1. The van der Waals surface area contributed by atoms with E-state index in [-0.39, 0.29) is 5.96 Å². The van der Waals surface area contributed by atoms with Gasteiger partial charge in [-0.2, -0.15) is 0 Å². The van der Waals surface area contributed by atoms with Gasteiger partial charge < -0.3 is 10.6 Å². The molecule has 3 N–H and O–H groups in total. The first-order valence-electron chi connectivity index (χ1n) is 5.81. The average Bonchev–Trinajstić information content (AvgIpc) is 2.18. The second-order valence-electron chi connectivity index (χ2n) is 4.86. The Bertz CT molecular complexity index is 227. The third-order valence-electron chi connectivity index (χ3n) is 4.05. The lowest BCUT2D eigenvalue weighted by atomic mass is 9.73. The predicted molar refractivity (Wildman–Crippen MR) is 58.1 cm³/mol. The van der Waals surface area contributed by atoms with E-state index in [1.54, 1.807) is 0 Å². The van der Waals surface area contributed by atoms with Crippen molar-refractivity contribution in [2.75, 3.05) is 6.54 Å². The summed E-state index contributed by atoms with van der Waals surface area (Å²) >= 11 is 0. The summed E-state index contributed by atoms with van der Waals surface area (Å²) in [7, 11) is 0. The predicted octanol–water partition coefficient (Wildman–Crippen LogP) is 1.78. The van der Waals surface area contributed by atoms with Crippen LogP contribution in [0.5, 0.6) is 0 Å². The maximum absolute atomic E-state index is 7.58. The fraction of sp³-hybridized carbons (Fsp3) is 0.909. The molecule has 2 fully saturated rings. The first-order chi connectivity index (χ1) is 6.70. The normalized spacial score (nSPS) is 37.8. The van der Waals surface area contributed by atoms with Gasteiger partial charge in [0.1, 0.15) is 0 Å². The SMILES string of the molecule is C[C@@H]1CCN(C(=N)N)[C@H]2CCCC[C@@H]12. The number of nitrogens with zero attached hydrogens (tertiary/aromatic N) is 1. The molecule has 0 aromatic carbocycles. The quantitative estimate of drug-likeness (QED) is 0.457. The molecule has 0 aromatic rings. The number of rotatable bonds is 0. The van der Waals surface area contributed by atoms with Gasteiger partial charge in [0.05, 0.1) is 0 Å². The zero-order valence-electron chi connectivity index (χ0n) is 9.00. The van der Waals surface area contributed by atoms with Crippen molar-refractivity contribution >= 4 is 5.96 Å². The molecule has 0 bridgehead atoms. The molecular formula is C11H21N3. The summed E-state index contributed by atoms with van der Waals surface area (Å²) in [6.45, 7) is 3.36. The number of likely N-dealkylation sites (tertiary alicyclic amines) is 1. The van der Waals surface area contributed by atoms with Crippen LogP contribution in [0.2, 0.25) is 0 Å². The van der Waals surface area contributed by atoms with Gasteiger partial charge in [-0.1, -0.05) is 19.8 Å². The van der Waals surface area contributed by atoms with Gasteiger partial charge in [-0.05, 0) is 31.1 Å². The van der Waals surface area contributed by atoms with Crippen LogP contribution in [-0.4, -0.2) is 23.4 Å². The highest BCUT2D eigenvalue weighted by molar-refractivity contribution is 5.75. The number of hydrogen-bond donors (Lipinski definition) is 2. The molecule has 1 heterocycles. The summed E-state index contributed by atoms with van der Waals surface area (Å²) in [5.41, 5.74) is 5.63. The van der Waals surface area contributed by atoms with Crippen molar-refractivity contribution in [3.63, 3.8) is 0 Å². The Hall–Kier alpha value is -0.730. The standard InChI is InChI=1S/C11H21N3/c1-8-6-7-14(11(12)13)10-5-3-2-4-9(8)10/h8-10H,2-7H2,1H3,(H3,12,13)/t8-,9+,10+/m1/s1. The zero-order chi connectivity index (χ0) is 10.1. The summed E-state index contributed by atoms with van der Waals surface area (Å²) in [4.78, 5) is 2.13. The van der Waals surface area contributed by atoms with Crippen molar-refractivity contribution in [3.8, 4) is 0 Å². The molecular weight excluding hydrogens is 174 g/mol. The van der Waals surface area contributed by atoms with Crippen molar-refractivity contribution in [1.29, 1.82) is 5.41 Å². The topological polar surface area (TPSA) is 53.1 Å². The van der Waals surface area contributed by atoms with Gasteiger partial charge >= 0.3 is 0 Å². The summed E-state index contributed by atoms with van der Waals surface area (Å²) in [5, 5.41) is 7.58. The lowest BCUT2D eigenvalue weighted by Gasteiger charge is -2.47. The largest absolute Gasteiger partial charge is 0.370 e. The number of fused-ring (bicyclic) bond motifs is 1. The highest BCUT2D eigenvalue weighted by Gasteiger charge is 2.37. The monoisotopic (exact) mass is 195 g/mol. The fourth-order valence-electron chi connectivity index (χ4n) is 3.21. The molecule has 1 saturated heterocycles. The van der Waals surface area contributed by atoms with Crippen molar-refractivity contribution in [2.45, 2.75) is 45.1 Å². The molecule has 1 aliphatic carbocycles. The molecule has 1 saturated carbocycles. The van der Waals surface area contributed by atoms with Gasteiger partial charge in [-0.25, -0.2) is 0 Å². The molecule has 0 unspecified atom stereocenters. The molecule has 0 spiro atoms. The van der Waals surface area contributed by atoms with Crippen LogP contribution in [0.15, 0.2) is 0 Å². The third-order valence-corrected chi connectivity index (χ3v) is 4.05. The van der Waals surface area contributed by atoms with E-state index in [2.05, 4.69) is 11.8 Å². The molecule has 0 aromatic heterocycles. The number of piperidine rings is 1. The highest BCUT2D eigenvalue weighted by atomic mass is 15.3. The van der Waals surface area contributed by atoms with Gasteiger partial charge in [-0.15, -0.1) is 0 Å². The molecule has 2 rings (SSSR count).